The van der Waals surface area contributed by atoms with E-state index < -0.39 is 0 Å². The summed E-state index contributed by atoms with van der Waals surface area (Å²) < 4.78 is 0. The van der Waals surface area contributed by atoms with E-state index in [0.717, 1.165) is 37.2 Å². The third kappa shape index (κ3) is 3.06. The first-order valence-corrected chi connectivity index (χ1v) is 7.37. The van der Waals surface area contributed by atoms with E-state index in [1.807, 2.05) is 17.8 Å². The summed E-state index contributed by atoms with van der Waals surface area (Å²) in [4.78, 5) is 8.01. The van der Waals surface area contributed by atoms with E-state index in [1.54, 1.807) is 0 Å². The lowest BCUT2D eigenvalue weighted by Gasteiger charge is -2.28. The number of thioether (sulfide) groups is 1. The van der Waals surface area contributed by atoms with Crippen molar-refractivity contribution in [3.05, 3.63) is 17.3 Å². The molecule has 0 unspecified atom stereocenters. The zero-order valence-corrected chi connectivity index (χ0v) is 11.2. The highest BCUT2D eigenvalue weighted by Crippen LogP contribution is 2.40. The van der Waals surface area contributed by atoms with Gasteiger partial charge in [-0.1, -0.05) is 11.6 Å². The predicted octanol–water partition coefficient (Wildman–Crippen LogP) is 2.40. The van der Waals surface area contributed by atoms with Gasteiger partial charge in [-0.05, 0) is 25.0 Å². The summed E-state index contributed by atoms with van der Waals surface area (Å²) in [6.07, 6.45) is 2.68. The zero-order valence-electron chi connectivity index (χ0n) is 9.66. The molecule has 1 aliphatic heterocycles. The molecule has 1 aromatic rings. The van der Waals surface area contributed by atoms with E-state index in [9.17, 15) is 0 Å². The number of rotatable bonds is 3. The second kappa shape index (κ2) is 5.04. The molecule has 17 heavy (non-hydrogen) atoms. The molecule has 1 saturated carbocycles. The second-order valence-corrected chi connectivity index (χ2v) is 6.30. The van der Waals surface area contributed by atoms with Crippen LogP contribution in [0.2, 0.25) is 5.15 Å². The molecule has 1 saturated heterocycles. The molecule has 2 fully saturated rings. The first-order valence-electron chi connectivity index (χ1n) is 6.11. The summed E-state index contributed by atoms with van der Waals surface area (Å²) >= 11 is 8.04. The van der Waals surface area contributed by atoms with E-state index >= 15 is 0 Å². The number of piperazine rings is 1. The van der Waals surface area contributed by atoms with E-state index in [0.29, 0.717) is 5.15 Å². The topological polar surface area (TPSA) is 28.2 Å². The quantitative estimate of drug-likeness (QED) is 0.853. The van der Waals surface area contributed by atoms with Gasteiger partial charge in [-0.3, -0.25) is 0 Å². The molecule has 0 aromatic carbocycles. The van der Waals surface area contributed by atoms with Crippen molar-refractivity contribution in [1.29, 1.82) is 0 Å². The Morgan fingerprint density at radius 2 is 2.06 bits per heavy atom. The fourth-order valence-electron chi connectivity index (χ4n) is 1.96. The largest absolute Gasteiger partial charge is 0.354 e. The molecule has 0 amide bonds. The predicted molar refractivity (Wildman–Crippen MR) is 73.2 cm³/mol. The van der Waals surface area contributed by atoms with Crippen molar-refractivity contribution >= 4 is 29.2 Å². The lowest BCUT2D eigenvalue weighted by Crippen LogP contribution is -2.43. The highest BCUT2D eigenvalue weighted by atomic mass is 35.5. The smallest absolute Gasteiger partial charge is 0.132 e. The Morgan fingerprint density at radius 3 is 2.76 bits per heavy atom. The Balaban J connectivity index is 1.79. The standard InChI is InChI=1S/C12H16ClN3S/c13-11-7-10(17-9-1-2-9)8-12(15-11)16-5-3-14-4-6-16/h7-9,14H,1-6H2. The normalized spacial score (nSPS) is 20.6. The number of halogens is 1. The van der Waals surface area contributed by atoms with Gasteiger partial charge >= 0.3 is 0 Å². The maximum absolute atomic E-state index is 6.11. The van der Waals surface area contributed by atoms with Crippen LogP contribution in [0.5, 0.6) is 0 Å². The van der Waals surface area contributed by atoms with Crippen molar-refractivity contribution < 1.29 is 0 Å². The van der Waals surface area contributed by atoms with Crippen LogP contribution in [0.4, 0.5) is 5.82 Å². The molecular weight excluding hydrogens is 254 g/mol. The fourth-order valence-corrected chi connectivity index (χ4v) is 3.34. The summed E-state index contributed by atoms with van der Waals surface area (Å²) in [5.41, 5.74) is 0. The molecule has 0 radical (unpaired) electrons. The molecule has 0 bridgehead atoms. The van der Waals surface area contributed by atoms with Gasteiger partial charge in [0.25, 0.3) is 0 Å². The van der Waals surface area contributed by atoms with Gasteiger partial charge in [0.1, 0.15) is 11.0 Å². The minimum atomic E-state index is 0.615. The van der Waals surface area contributed by atoms with Crippen LogP contribution < -0.4 is 10.2 Å². The summed E-state index contributed by atoms with van der Waals surface area (Å²) in [7, 11) is 0. The Labute approximate surface area is 111 Å². The highest BCUT2D eigenvalue weighted by Gasteiger charge is 2.23. The van der Waals surface area contributed by atoms with Gasteiger partial charge < -0.3 is 10.2 Å². The third-order valence-electron chi connectivity index (χ3n) is 3.02. The summed E-state index contributed by atoms with van der Waals surface area (Å²) in [5, 5.41) is 4.77. The number of pyridine rings is 1. The summed E-state index contributed by atoms with van der Waals surface area (Å²) in [5.74, 6) is 1.03. The Bertz CT molecular complexity index is 403. The molecular formula is C12H16ClN3S. The van der Waals surface area contributed by atoms with Crippen LogP contribution >= 0.6 is 23.4 Å². The molecule has 3 nitrogen and oxygen atoms in total. The highest BCUT2D eigenvalue weighted by molar-refractivity contribution is 8.00. The first-order chi connectivity index (χ1) is 8.31. The van der Waals surface area contributed by atoms with E-state index in [2.05, 4.69) is 21.3 Å². The molecule has 92 valence electrons. The Kier molecular flexibility index (Phi) is 3.45. The maximum Gasteiger partial charge on any atom is 0.132 e. The zero-order chi connectivity index (χ0) is 11.7. The number of hydrogen-bond acceptors (Lipinski definition) is 4. The van der Waals surface area contributed by atoms with Crippen LogP contribution in [0, 0.1) is 0 Å². The molecule has 2 heterocycles. The molecule has 0 atom stereocenters. The molecule has 5 heteroatoms. The van der Waals surface area contributed by atoms with Crippen LogP contribution in [0.1, 0.15) is 12.8 Å². The van der Waals surface area contributed by atoms with E-state index in [4.69, 9.17) is 11.6 Å². The van der Waals surface area contributed by atoms with Gasteiger partial charge in [-0.25, -0.2) is 4.98 Å². The number of nitrogens with one attached hydrogen (secondary N) is 1. The number of nitrogens with zero attached hydrogens (tertiary/aromatic N) is 2. The van der Waals surface area contributed by atoms with Crippen molar-refractivity contribution in [2.24, 2.45) is 0 Å². The van der Waals surface area contributed by atoms with Crippen molar-refractivity contribution in [1.82, 2.24) is 10.3 Å². The van der Waals surface area contributed by atoms with Gasteiger partial charge in [0.05, 0.1) is 0 Å². The molecule has 1 aromatic heterocycles. The summed E-state index contributed by atoms with van der Waals surface area (Å²) in [6.45, 7) is 4.08. The minimum absolute atomic E-state index is 0.615. The number of aromatic nitrogens is 1. The second-order valence-electron chi connectivity index (χ2n) is 4.54. The van der Waals surface area contributed by atoms with Crippen molar-refractivity contribution in [3.8, 4) is 0 Å². The van der Waals surface area contributed by atoms with Gasteiger partial charge in [0.2, 0.25) is 0 Å². The van der Waals surface area contributed by atoms with Crippen LogP contribution in [-0.4, -0.2) is 36.4 Å². The monoisotopic (exact) mass is 269 g/mol. The van der Waals surface area contributed by atoms with Crippen molar-refractivity contribution in [2.75, 3.05) is 31.1 Å². The Hall–Kier alpha value is -0.450. The fraction of sp³-hybridized carbons (Fsp3) is 0.583. The lowest BCUT2D eigenvalue weighted by molar-refractivity contribution is 0.584. The number of hydrogen-bond donors (Lipinski definition) is 1. The average molecular weight is 270 g/mol. The molecule has 3 rings (SSSR count). The van der Waals surface area contributed by atoms with Gasteiger partial charge in [-0.2, -0.15) is 0 Å². The molecule has 1 aliphatic carbocycles. The minimum Gasteiger partial charge on any atom is -0.354 e. The van der Waals surface area contributed by atoms with E-state index in [-0.39, 0.29) is 0 Å². The summed E-state index contributed by atoms with van der Waals surface area (Å²) in [6, 6.07) is 4.16. The lowest BCUT2D eigenvalue weighted by atomic mass is 10.3. The van der Waals surface area contributed by atoms with Gasteiger partial charge in [-0.15, -0.1) is 11.8 Å². The number of anilines is 1. The van der Waals surface area contributed by atoms with Crippen molar-refractivity contribution in [2.45, 2.75) is 23.0 Å². The van der Waals surface area contributed by atoms with Gasteiger partial charge in [0, 0.05) is 36.3 Å². The molecule has 1 N–H and O–H groups in total. The van der Waals surface area contributed by atoms with Crippen LogP contribution in [0.15, 0.2) is 17.0 Å². The van der Waals surface area contributed by atoms with Gasteiger partial charge in [0.15, 0.2) is 0 Å². The molecule has 2 aliphatic rings. The van der Waals surface area contributed by atoms with Crippen molar-refractivity contribution in [3.63, 3.8) is 0 Å². The Morgan fingerprint density at radius 1 is 1.29 bits per heavy atom. The molecule has 0 spiro atoms. The van der Waals surface area contributed by atoms with Crippen LogP contribution in [0.25, 0.3) is 0 Å². The third-order valence-corrected chi connectivity index (χ3v) is 4.53. The first kappa shape index (κ1) is 11.6. The van der Waals surface area contributed by atoms with E-state index in [1.165, 1.54) is 17.7 Å². The van der Waals surface area contributed by atoms with Crippen LogP contribution in [-0.2, 0) is 0 Å². The average Bonchev–Trinajstić information content (AvgIpc) is 3.13. The maximum atomic E-state index is 6.11. The van der Waals surface area contributed by atoms with Crippen LogP contribution in [0.3, 0.4) is 0 Å². The SMILES string of the molecule is Clc1cc(SC2CC2)cc(N2CCNCC2)n1.